The Hall–Kier alpha value is -3.65. The molecule has 0 atom stereocenters. The molecule has 172 valence electrons. The molecule has 0 amide bonds. The van der Waals surface area contributed by atoms with Crippen LogP contribution in [0, 0.1) is 0 Å². The Morgan fingerprint density at radius 3 is 2.42 bits per heavy atom. The third kappa shape index (κ3) is 5.06. The van der Waals surface area contributed by atoms with Gasteiger partial charge in [-0.15, -0.1) is 5.10 Å². The molecule has 4 rings (SSSR count). The number of anilines is 2. The Morgan fingerprint density at radius 2 is 1.73 bits per heavy atom. The number of nitrogens with one attached hydrogen (secondary N) is 1. The number of benzene rings is 2. The monoisotopic (exact) mass is 445 g/mol. The van der Waals surface area contributed by atoms with Crippen LogP contribution in [0.15, 0.2) is 54.6 Å². The smallest absolute Gasteiger partial charge is 0.225 e. The average Bonchev–Trinajstić information content (AvgIpc) is 3.11. The third-order valence-electron chi connectivity index (χ3n) is 5.13. The first-order chi connectivity index (χ1) is 15.7. The lowest BCUT2D eigenvalue weighted by molar-refractivity contribution is 0.364. The summed E-state index contributed by atoms with van der Waals surface area (Å²) >= 11 is 0. The molecule has 0 saturated carbocycles. The Kier molecular flexibility index (Phi) is 6.20. The molecule has 2 aromatic heterocycles. The summed E-state index contributed by atoms with van der Waals surface area (Å²) < 4.78 is 7.86. The van der Waals surface area contributed by atoms with Gasteiger partial charge in [-0.3, -0.25) is 0 Å². The molecule has 4 aromatic rings. The van der Waals surface area contributed by atoms with E-state index in [9.17, 15) is 0 Å². The fourth-order valence-corrected chi connectivity index (χ4v) is 3.53. The molecule has 0 bridgehead atoms. The lowest BCUT2D eigenvalue weighted by atomic mass is 10.1. The molecule has 0 aliphatic rings. The van der Waals surface area contributed by atoms with Crippen molar-refractivity contribution in [3.63, 3.8) is 0 Å². The Bertz CT molecular complexity index is 1240. The quantitative estimate of drug-likeness (QED) is 0.429. The van der Waals surface area contributed by atoms with Crippen LogP contribution in [0.4, 0.5) is 11.8 Å². The van der Waals surface area contributed by atoms with E-state index in [1.54, 1.807) is 0 Å². The molecule has 0 unspecified atom stereocenters. The van der Waals surface area contributed by atoms with Crippen LogP contribution < -0.4 is 15.8 Å². The van der Waals surface area contributed by atoms with Gasteiger partial charge in [-0.25, -0.2) is 9.67 Å². The molecular formula is C25H31N7O. The highest BCUT2D eigenvalue weighted by Crippen LogP contribution is 2.35. The van der Waals surface area contributed by atoms with Crippen molar-refractivity contribution in [1.82, 2.24) is 24.6 Å². The van der Waals surface area contributed by atoms with Gasteiger partial charge in [-0.2, -0.15) is 4.98 Å². The highest BCUT2D eigenvalue weighted by molar-refractivity contribution is 5.99. The molecular weight excluding hydrogens is 414 g/mol. The van der Waals surface area contributed by atoms with Crippen molar-refractivity contribution >= 4 is 22.8 Å². The van der Waals surface area contributed by atoms with Crippen LogP contribution in [0.1, 0.15) is 20.8 Å². The van der Waals surface area contributed by atoms with Crippen molar-refractivity contribution in [1.29, 1.82) is 0 Å². The number of fused-ring (bicyclic) bond motifs is 1. The van der Waals surface area contributed by atoms with Gasteiger partial charge in [0.15, 0.2) is 5.65 Å². The van der Waals surface area contributed by atoms with Gasteiger partial charge in [-0.05, 0) is 59.1 Å². The zero-order chi connectivity index (χ0) is 23.6. The van der Waals surface area contributed by atoms with Crippen LogP contribution in [0.2, 0.25) is 0 Å². The minimum absolute atomic E-state index is 0.293. The van der Waals surface area contributed by atoms with Crippen molar-refractivity contribution in [3.05, 3.63) is 54.6 Å². The first kappa shape index (κ1) is 22.5. The van der Waals surface area contributed by atoms with E-state index in [-0.39, 0.29) is 5.54 Å². The minimum atomic E-state index is -0.293. The average molecular weight is 446 g/mol. The van der Waals surface area contributed by atoms with Crippen molar-refractivity contribution in [2.24, 2.45) is 0 Å². The first-order valence-electron chi connectivity index (χ1n) is 11.0. The van der Waals surface area contributed by atoms with Crippen LogP contribution in [-0.4, -0.2) is 51.8 Å². The summed E-state index contributed by atoms with van der Waals surface area (Å²) in [4.78, 5) is 11.6. The lowest BCUT2D eigenvalue weighted by Gasteiger charge is -2.20. The molecule has 0 spiro atoms. The lowest BCUT2D eigenvalue weighted by Crippen LogP contribution is -2.24. The second-order valence-corrected chi connectivity index (χ2v) is 9.24. The maximum absolute atomic E-state index is 6.58. The predicted molar refractivity (Wildman–Crippen MR) is 134 cm³/mol. The van der Waals surface area contributed by atoms with Gasteiger partial charge < -0.3 is 20.7 Å². The van der Waals surface area contributed by atoms with Gasteiger partial charge in [0.05, 0.1) is 16.6 Å². The minimum Gasteiger partial charge on any atom is -0.457 e. The van der Waals surface area contributed by atoms with Crippen molar-refractivity contribution in [2.45, 2.75) is 26.3 Å². The zero-order valence-electron chi connectivity index (χ0n) is 19.8. The molecule has 2 heterocycles. The van der Waals surface area contributed by atoms with Crippen LogP contribution >= 0.6 is 0 Å². The molecule has 3 N–H and O–H groups in total. The maximum Gasteiger partial charge on any atom is 0.225 e. The molecule has 0 saturated heterocycles. The number of rotatable bonds is 7. The van der Waals surface area contributed by atoms with Crippen molar-refractivity contribution in [3.8, 4) is 22.8 Å². The van der Waals surface area contributed by atoms with Crippen LogP contribution in [0.5, 0.6) is 11.5 Å². The Morgan fingerprint density at radius 1 is 1.00 bits per heavy atom. The van der Waals surface area contributed by atoms with Crippen LogP contribution in [0.3, 0.4) is 0 Å². The van der Waals surface area contributed by atoms with Gasteiger partial charge in [-0.1, -0.05) is 30.3 Å². The third-order valence-corrected chi connectivity index (χ3v) is 5.13. The van der Waals surface area contributed by atoms with E-state index in [0.717, 1.165) is 34.7 Å². The summed E-state index contributed by atoms with van der Waals surface area (Å²) in [6.45, 7) is 7.76. The fraction of sp³-hybridized carbons (Fsp3) is 0.320. The summed E-state index contributed by atoms with van der Waals surface area (Å²) in [6.07, 6.45) is 0. The van der Waals surface area contributed by atoms with Gasteiger partial charge >= 0.3 is 0 Å². The first-order valence-corrected chi connectivity index (χ1v) is 11.0. The normalized spacial score (nSPS) is 11.8. The summed E-state index contributed by atoms with van der Waals surface area (Å²) in [5.74, 6) is 2.55. The fourth-order valence-electron chi connectivity index (χ4n) is 3.53. The number of para-hydroxylation sites is 1. The number of nitrogens with two attached hydrogens (primary N) is 1. The van der Waals surface area contributed by atoms with Gasteiger partial charge in [0, 0.05) is 18.7 Å². The molecule has 0 fully saturated rings. The zero-order valence-corrected chi connectivity index (χ0v) is 19.8. The Balaban J connectivity index is 1.80. The maximum atomic E-state index is 6.58. The number of aromatic nitrogens is 4. The van der Waals surface area contributed by atoms with E-state index in [1.165, 1.54) is 0 Å². The summed E-state index contributed by atoms with van der Waals surface area (Å²) in [5, 5.41) is 8.77. The molecule has 8 nitrogen and oxygen atoms in total. The van der Waals surface area contributed by atoms with Crippen molar-refractivity contribution < 1.29 is 4.74 Å². The molecule has 8 heteroatoms. The SMILES string of the molecule is CN(C)CCNc1nc(-c2cccc(Oc3ccccc3)c2)c2c(N)n(C(C)(C)C)nc2n1. The van der Waals surface area contributed by atoms with Crippen LogP contribution in [0.25, 0.3) is 22.3 Å². The van der Waals surface area contributed by atoms with Crippen LogP contribution in [-0.2, 0) is 5.54 Å². The van der Waals surface area contributed by atoms with Gasteiger partial charge in [0.2, 0.25) is 5.95 Å². The molecule has 0 aliphatic carbocycles. The predicted octanol–water partition coefficient (Wildman–Crippen LogP) is 4.60. The van der Waals surface area contributed by atoms with Gasteiger partial charge in [0.25, 0.3) is 0 Å². The van der Waals surface area contributed by atoms with E-state index in [0.29, 0.717) is 24.0 Å². The van der Waals surface area contributed by atoms with E-state index >= 15 is 0 Å². The second kappa shape index (κ2) is 9.07. The molecule has 0 radical (unpaired) electrons. The van der Waals surface area contributed by atoms with Crippen molar-refractivity contribution in [2.75, 3.05) is 38.2 Å². The summed E-state index contributed by atoms with van der Waals surface area (Å²) in [6, 6.07) is 17.5. The highest BCUT2D eigenvalue weighted by Gasteiger charge is 2.24. The molecule has 0 aliphatic heterocycles. The number of hydrogen-bond donors (Lipinski definition) is 2. The second-order valence-electron chi connectivity index (χ2n) is 9.24. The van der Waals surface area contributed by atoms with E-state index in [1.807, 2.05) is 73.4 Å². The van der Waals surface area contributed by atoms with E-state index in [2.05, 4.69) is 36.0 Å². The summed E-state index contributed by atoms with van der Waals surface area (Å²) in [5.41, 5.74) is 8.45. The largest absolute Gasteiger partial charge is 0.457 e. The molecule has 2 aromatic carbocycles. The number of nitrogen functional groups attached to an aromatic ring is 1. The Labute approximate surface area is 194 Å². The van der Waals surface area contributed by atoms with Gasteiger partial charge in [0.1, 0.15) is 17.3 Å². The number of nitrogens with zero attached hydrogens (tertiary/aromatic N) is 5. The summed E-state index contributed by atoms with van der Waals surface area (Å²) in [7, 11) is 4.06. The molecule has 33 heavy (non-hydrogen) atoms. The topological polar surface area (TPSA) is 94.1 Å². The highest BCUT2D eigenvalue weighted by atomic mass is 16.5. The van der Waals surface area contributed by atoms with E-state index < -0.39 is 0 Å². The number of ether oxygens (including phenoxy) is 1. The number of likely N-dealkylation sites (N-methyl/N-ethyl adjacent to an activating group) is 1. The standard InChI is InChI=1S/C25H31N7O/c1-25(2,3)32-22(26)20-21(28-24(29-23(20)30-32)27-14-15-31(4)5)17-10-9-13-19(16-17)33-18-11-7-6-8-12-18/h6-13,16H,14-15,26H2,1-5H3,(H,27,29,30). The van der Waals surface area contributed by atoms with E-state index in [4.69, 9.17) is 20.6 Å². The number of hydrogen-bond acceptors (Lipinski definition) is 7.